The van der Waals surface area contributed by atoms with Gasteiger partial charge in [-0.2, -0.15) is 5.26 Å². The van der Waals surface area contributed by atoms with Gasteiger partial charge in [-0.25, -0.2) is 0 Å². The fraction of sp³-hybridized carbons (Fsp3) is 0.0682. The van der Waals surface area contributed by atoms with E-state index >= 15 is 0 Å². The molecule has 0 saturated heterocycles. The standard InChI is InChI=1S/C44H31N3/c1-29-9-7-16-42-44(29)39-26-33(22-24-41(39)46(42)35-11-3-2-4-12-35)34-21-23-38-37-14-5-6-15-40(37)47(43(38)27-34)36-13-8-10-32(25-36)31-19-17-30(28-45)18-20-31/h2-8,10-27,29H,9H2,1H3. The summed E-state index contributed by atoms with van der Waals surface area (Å²) in [5, 5.41) is 13.1. The highest BCUT2D eigenvalue weighted by atomic mass is 15.0. The van der Waals surface area contributed by atoms with Crippen molar-refractivity contribution in [3.05, 3.63) is 162 Å². The van der Waals surface area contributed by atoms with E-state index in [1.165, 1.54) is 60.8 Å². The van der Waals surface area contributed by atoms with E-state index in [1.54, 1.807) is 0 Å². The minimum atomic E-state index is 0.450. The number of nitrogens with zero attached hydrogens (tertiary/aromatic N) is 3. The number of hydrogen-bond donors (Lipinski definition) is 0. The zero-order chi connectivity index (χ0) is 31.5. The molecular weight excluding hydrogens is 571 g/mol. The van der Waals surface area contributed by atoms with E-state index in [9.17, 15) is 5.26 Å². The molecule has 0 fully saturated rings. The van der Waals surface area contributed by atoms with E-state index < -0.39 is 0 Å². The van der Waals surface area contributed by atoms with Gasteiger partial charge in [-0.15, -0.1) is 0 Å². The summed E-state index contributed by atoms with van der Waals surface area (Å²) in [4.78, 5) is 0. The molecule has 0 bridgehead atoms. The van der Waals surface area contributed by atoms with Crippen LogP contribution < -0.4 is 0 Å². The van der Waals surface area contributed by atoms with Crippen LogP contribution in [-0.4, -0.2) is 9.13 Å². The predicted molar refractivity (Wildman–Crippen MR) is 195 cm³/mol. The van der Waals surface area contributed by atoms with Crippen LogP contribution in [0.5, 0.6) is 0 Å². The summed E-state index contributed by atoms with van der Waals surface area (Å²) in [6.45, 7) is 2.35. The van der Waals surface area contributed by atoms with Crippen molar-refractivity contribution < 1.29 is 0 Å². The van der Waals surface area contributed by atoms with Crippen LogP contribution in [0.15, 0.2) is 146 Å². The highest BCUT2D eigenvalue weighted by molar-refractivity contribution is 6.10. The van der Waals surface area contributed by atoms with Gasteiger partial charge in [0.25, 0.3) is 0 Å². The van der Waals surface area contributed by atoms with Gasteiger partial charge in [-0.3, -0.25) is 0 Å². The van der Waals surface area contributed by atoms with Crippen molar-refractivity contribution >= 4 is 38.8 Å². The van der Waals surface area contributed by atoms with Gasteiger partial charge in [0.2, 0.25) is 0 Å². The van der Waals surface area contributed by atoms with Crippen LogP contribution in [0.3, 0.4) is 0 Å². The van der Waals surface area contributed by atoms with E-state index in [4.69, 9.17) is 0 Å². The summed E-state index contributed by atoms with van der Waals surface area (Å²) in [6.07, 6.45) is 5.67. The molecule has 1 atom stereocenters. The van der Waals surface area contributed by atoms with Gasteiger partial charge < -0.3 is 9.13 Å². The number of hydrogen-bond acceptors (Lipinski definition) is 1. The third-order valence-electron chi connectivity index (χ3n) is 9.78. The number of rotatable bonds is 4. The predicted octanol–water partition coefficient (Wildman–Crippen LogP) is 11.5. The summed E-state index contributed by atoms with van der Waals surface area (Å²) in [6, 6.07) is 52.0. The van der Waals surface area contributed by atoms with Crippen molar-refractivity contribution in [2.24, 2.45) is 0 Å². The van der Waals surface area contributed by atoms with Gasteiger partial charge in [-0.05, 0) is 107 Å². The average Bonchev–Trinajstić information content (AvgIpc) is 3.65. The molecule has 3 nitrogen and oxygen atoms in total. The molecule has 9 rings (SSSR count). The van der Waals surface area contributed by atoms with Gasteiger partial charge in [-0.1, -0.05) is 91.9 Å². The Balaban J connectivity index is 1.23. The number of nitriles is 1. The van der Waals surface area contributed by atoms with Crippen molar-refractivity contribution in [2.45, 2.75) is 19.3 Å². The Bertz CT molecular complexity index is 2550. The van der Waals surface area contributed by atoms with Crippen molar-refractivity contribution in [3.8, 4) is 39.7 Å². The molecule has 2 heterocycles. The van der Waals surface area contributed by atoms with E-state index in [2.05, 4.69) is 150 Å². The third-order valence-corrected chi connectivity index (χ3v) is 9.78. The van der Waals surface area contributed by atoms with Gasteiger partial charge in [0.05, 0.1) is 28.2 Å². The third kappa shape index (κ3) is 4.34. The minimum Gasteiger partial charge on any atom is -0.310 e. The van der Waals surface area contributed by atoms with E-state index in [1.807, 2.05) is 24.3 Å². The Morgan fingerprint density at radius 3 is 2.09 bits per heavy atom. The van der Waals surface area contributed by atoms with Gasteiger partial charge in [0, 0.05) is 33.2 Å². The van der Waals surface area contributed by atoms with E-state index in [-0.39, 0.29) is 0 Å². The quantitative estimate of drug-likeness (QED) is 0.198. The Morgan fingerprint density at radius 1 is 0.553 bits per heavy atom. The average molecular weight is 602 g/mol. The monoisotopic (exact) mass is 601 g/mol. The molecular formula is C44H31N3. The molecule has 0 N–H and O–H groups in total. The molecule has 0 radical (unpaired) electrons. The number of fused-ring (bicyclic) bond motifs is 6. The Kier molecular flexibility index (Phi) is 6.23. The molecule has 8 aromatic rings. The van der Waals surface area contributed by atoms with Crippen LogP contribution in [0.25, 0.3) is 72.4 Å². The lowest BCUT2D eigenvalue weighted by atomic mass is 9.90. The Morgan fingerprint density at radius 2 is 1.23 bits per heavy atom. The van der Waals surface area contributed by atoms with E-state index in [0.29, 0.717) is 11.5 Å². The fourth-order valence-electron chi connectivity index (χ4n) is 7.54. The molecule has 1 unspecified atom stereocenters. The summed E-state index contributed by atoms with van der Waals surface area (Å²) < 4.78 is 4.81. The van der Waals surface area contributed by atoms with E-state index in [0.717, 1.165) is 23.2 Å². The van der Waals surface area contributed by atoms with Crippen LogP contribution >= 0.6 is 0 Å². The molecule has 1 aliphatic carbocycles. The van der Waals surface area contributed by atoms with Crippen LogP contribution in [0.1, 0.15) is 36.1 Å². The number of allylic oxidation sites excluding steroid dienone is 1. The van der Waals surface area contributed by atoms with Crippen molar-refractivity contribution in [2.75, 3.05) is 0 Å². The van der Waals surface area contributed by atoms with Gasteiger partial charge >= 0.3 is 0 Å². The maximum absolute atomic E-state index is 9.28. The molecule has 222 valence electrons. The van der Waals surface area contributed by atoms with Gasteiger partial charge in [0.1, 0.15) is 0 Å². The summed E-state index contributed by atoms with van der Waals surface area (Å²) >= 11 is 0. The van der Waals surface area contributed by atoms with Crippen molar-refractivity contribution in [1.82, 2.24) is 9.13 Å². The van der Waals surface area contributed by atoms with Gasteiger partial charge in [0.15, 0.2) is 0 Å². The lowest BCUT2D eigenvalue weighted by Gasteiger charge is -2.16. The molecule has 3 heteroatoms. The minimum absolute atomic E-state index is 0.450. The SMILES string of the molecule is CC1CC=Cc2c1c1cc(-c3ccc4c5ccccc5n(-c5cccc(-c6ccc(C#N)cc6)c5)c4c3)ccc1n2-c1ccccc1. The number of para-hydroxylation sites is 2. The topological polar surface area (TPSA) is 33.6 Å². The molecule has 2 aromatic heterocycles. The second-order valence-electron chi connectivity index (χ2n) is 12.6. The van der Waals surface area contributed by atoms with Crippen molar-refractivity contribution in [3.63, 3.8) is 0 Å². The maximum Gasteiger partial charge on any atom is 0.0991 e. The lowest BCUT2D eigenvalue weighted by molar-refractivity contribution is 0.773. The molecule has 0 aliphatic heterocycles. The second-order valence-corrected chi connectivity index (χ2v) is 12.6. The highest BCUT2D eigenvalue weighted by Crippen LogP contribution is 2.42. The maximum atomic E-state index is 9.28. The van der Waals surface area contributed by atoms with Crippen LogP contribution in [0, 0.1) is 11.3 Å². The molecule has 0 amide bonds. The fourth-order valence-corrected chi connectivity index (χ4v) is 7.54. The Labute approximate surface area is 273 Å². The molecule has 1 aliphatic rings. The molecule has 0 spiro atoms. The molecule has 0 saturated carbocycles. The first-order valence-electron chi connectivity index (χ1n) is 16.2. The zero-order valence-electron chi connectivity index (χ0n) is 26.1. The largest absolute Gasteiger partial charge is 0.310 e. The first-order valence-corrected chi connectivity index (χ1v) is 16.2. The lowest BCUT2D eigenvalue weighted by Crippen LogP contribution is -2.02. The number of benzene rings is 6. The van der Waals surface area contributed by atoms with Crippen LogP contribution in [-0.2, 0) is 0 Å². The number of aromatic nitrogens is 2. The first kappa shape index (κ1) is 27.2. The smallest absolute Gasteiger partial charge is 0.0991 e. The van der Waals surface area contributed by atoms with Crippen LogP contribution in [0.4, 0.5) is 0 Å². The summed E-state index contributed by atoms with van der Waals surface area (Å²) in [5.41, 5.74) is 13.9. The summed E-state index contributed by atoms with van der Waals surface area (Å²) in [7, 11) is 0. The zero-order valence-corrected chi connectivity index (χ0v) is 26.1. The van der Waals surface area contributed by atoms with Crippen LogP contribution in [0.2, 0.25) is 0 Å². The molecule has 47 heavy (non-hydrogen) atoms. The van der Waals surface area contributed by atoms with Crippen molar-refractivity contribution in [1.29, 1.82) is 5.26 Å². The highest BCUT2D eigenvalue weighted by Gasteiger charge is 2.23. The first-order chi connectivity index (χ1) is 23.2. The normalized spacial score (nSPS) is 14.1. The summed E-state index contributed by atoms with van der Waals surface area (Å²) in [5.74, 6) is 0.450. The second kappa shape index (κ2) is 10.8. The Hall–Kier alpha value is -6.11. The molecule has 6 aromatic carbocycles.